The summed E-state index contributed by atoms with van der Waals surface area (Å²) in [5.74, 6) is -0.383. The van der Waals surface area contributed by atoms with Gasteiger partial charge in [0.25, 0.3) is 0 Å². The molecule has 0 aliphatic heterocycles. The smallest absolute Gasteiger partial charge is 0.317 e. The molecule has 0 heterocycles. The molecule has 0 aromatic heterocycles. The third-order valence-corrected chi connectivity index (χ3v) is 1.54. The molecule has 82 valence electrons. The maximum Gasteiger partial charge on any atom is 0.317 e. The third kappa shape index (κ3) is 5.36. The van der Waals surface area contributed by atoms with E-state index < -0.39 is 0 Å². The number of aliphatic hydroxyl groups is 1. The maximum absolute atomic E-state index is 11.1. The third-order valence-electron chi connectivity index (χ3n) is 1.54. The number of amides is 2. The van der Waals surface area contributed by atoms with Gasteiger partial charge in [0.05, 0.1) is 13.2 Å². The fourth-order valence-electron chi connectivity index (χ4n) is 0.893. The van der Waals surface area contributed by atoms with Gasteiger partial charge < -0.3 is 20.1 Å². The molecule has 0 aliphatic rings. The van der Waals surface area contributed by atoms with Gasteiger partial charge in [0.2, 0.25) is 0 Å². The fourth-order valence-corrected chi connectivity index (χ4v) is 0.893. The van der Waals surface area contributed by atoms with E-state index in [0.29, 0.717) is 0 Å². The molecule has 6 heteroatoms. The van der Waals surface area contributed by atoms with E-state index in [1.807, 2.05) is 0 Å². The highest BCUT2D eigenvalue weighted by molar-refractivity contribution is 5.73. The molecule has 2 N–H and O–H groups in total. The standard InChI is InChI=1S/C8H16N2O4/c1-7(12)14-6-4-10(3-5-11)8(13)9-2/h11H,3-6H2,1-2H3,(H,9,13). The highest BCUT2D eigenvalue weighted by Gasteiger charge is 2.10. The van der Waals surface area contributed by atoms with Crippen molar-refractivity contribution in [2.75, 3.05) is 33.4 Å². The Morgan fingerprint density at radius 1 is 1.43 bits per heavy atom. The highest BCUT2D eigenvalue weighted by Crippen LogP contribution is 1.89. The lowest BCUT2D eigenvalue weighted by Crippen LogP contribution is -2.41. The molecule has 0 saturated carbocycles. The molecule has 0 bridgehead atoms. The molecule has 0 fully saturated rings. The number of hydrogen-bond donors (Lipinski definition) is 2. The monoisotopic (exact) mass is 204 g/mol. The molecule has 0 aliphatic carbocycles. The van der Waals surface area contributed by atoms with Gasteiger partial charge in [-0.2, -0.15) is 0 Å². The number of carbonyl (C=O) groups excluding carboxylic acids is 2. The van der Waals surface area contributed by atoms with Gasteiger partial charge in [-0.05, 0) is 0 Å². The summed E-state index contributed by atoms with van der Waals surface area (Å²) in [6.07, 6.45) is 0. The van der Waals surface area contributed by atoms with Gasteiger partial charge in [-0.25, -0.2) is 4.79 Å². The van der Waals surface area contributed by atoms with Crippen LogP contribution >= 0.6 is 0 Å². The first kappa shape index (κ1) is 12.7. The zero-order valence-electron chi connectivity index (χ0n) is 8.45. The molecule has 0 atom stereocenters. The predicted molar refractivity (Wildman–Crippen MR) is 49.7 cm³/mol. The summed E-state index contributed by atoms with van der Waals surface area (Å²) >= 11 is 0. The average Bonchev–Trinajstić information content (AvgIpc) is 2.15. The topological polar surface area (TPSA) is 78.9 Å². The molecule has 0 spiro atoms. The molecule has 0 radical (unpaired) electrons. The number of esters is 1. The summed E-state index contributed by atoms with van der Waals surface area (Å²) in [6.45, 7) is 1.83. The van der Waals surface area contributed by atoms with Crippen LogP contribution in [0.1, 0.15) is 6.92 Å². The Morgan fingerprint density at radius 2 is 2.07 bits per heavy atom. The SMILES string of the molecule is CNC(=O)N(CCO)CCOC(C)=O. The van der Waals surface area contributed by atoms with Gasteiger partial charge in [-0.15, -0.1) is 0 Å². The second kappa shape index (κ2) is 7.14. The molecule has 0 rings (SSSR count). The second-order valence-corrected chi connectivity index (χ2v) is 2.61. The molecule has 0 unspecified atom stereocenters. The van der Waals surface area contributed by atoms with Crippen LogP contribution in [0, 0.1) is 0 Å². The fraction of sp³-hybridized carbons (Fsp3) is 0.750. The Kier molecular flexibility index (Phi) is 6.47. The Morgan fingerprint density at radius 3 is 2.50 bits per heavy atom. The number of hydrogen-bond acceptors (Lipinski definition) is 4. The zero-order valence-corrected chi connectivity index (χ0v) is 8.45. The van der Waals surface area contributed by atoms with E-state index in [9.17, 15) is 9.59 Å². The van der Waals surface area contributed by atoms with E-state index in [0.717, 1.165) is 0 Å². The van der Waals surface area contributed by atoms with Crippen LogP contribution in [-0.4, -0.2) is 55.4 Å². The number of ether oxygens (including phenoxy) is 1. The molecule has 14 heavy (non-hydrogen) atoms. The van der Waals surface area contributed by atoms with E-state index >= 15 is 0 Å². The van der Waals surface area contributed by atoms with Crippen molar-refractivity contribution in [3.05, 3.63) is 0 Å². The van der Waals surface area contributed by atoms with E-state index in [1.165, 1.54) is 18.9 Å². The number of nitrogens with zero attached hydrogens (tertiary/aromatic N) is 1. The maximum atomic E-state index is 11.1. The summed E-state index contributed by atoms with van der Waals surface area (Å²) in [7, 11) is 1.50. The number of nitrogens with one attached hydrogen (secondary N) is 1. The lowest BCUT2D eigenvalue weighted by Gasteiger charge is -2.20. The molecule has 2 amide bonds. The van der Waals surface area contributed by atoms with E-state index in [4.69, 9.17) is 5.11 Å². The summed E-state index contributed by atoms with van der Waals surface area (Å²) in [5, 5.41) is 11.1. The van der Waals surface area contributed by atoms with Gasteiger partial charge in [0, 0.05) is 20.5 Å². The lowest BCUT2D eigenvalue weighted by atomic mass is 10.5. The van der Waals surface area contributed by atoms with Crippen LogP contribution in [0.2, 0.25) is 0 Å². The second-order valence-electron chi connectivity index (χ2n) is 2.61. The van der Waals surface area contributed by atoms with Gasteiger partial charge in [0.15, 0.2) is 0 Å². The van der Waals surface area contributed by atoms with Crippen LogP contribution in [0.15, 0.2) is 0 Å². The Balaban J connectivity index is 3.84. The van der Waals surface area contributed by atoms with Crippen LogP contribution in [0.3, 0.4) is 0 Å². The Bertz CT molecular complexity index is 196. The summed E-state index contributed by atoms with van der Waals surface area (Å²) in [4.78, 5) is 22.9. The van der Waals surface area contributed by atoms with Crippen molar-refractivity contribution in [2.24, 2.45) is 0 Å². The van der Waals surface area contributed by atoms with Crippen LogP contribution < -0.4 is 5.32 Å². The van der Waals surface area contributed by atoms with E-state index in [1.54, 1.807) is 0 Å². The molecule has 6 nitrogen and oxygen atoms in total. The van der Waals surface area contributed by atoms with Crippen LogP contribution in [0.25, 0.3) is 0 Å². The minimum absolute atomic E-state index is 0.118. The Hall–Kier alpha value is -1.30. The zero-order chi connectivity index (χ0) is 11.0. The van der Waals surface area contributed by atoms with Crippen LogP contribution in [0.4, 0.5) is 4.79 Å². The van der Waals surface area contributed by atoms with Gasteiger partial charge in [0.1, 0.15) is 6.61 Å². The molecular weight excluding hydrogens is 188 g/mol. The van der Waals surface area contributed by atoms with Crippen molar-refractivity contribution in [1.82, 2.24) is 10.2 Å². The van der Waals surface area contributed by atoms with Gasteiger partial charge >= 0.3 is 12.0 Å². The Labute approximate surface area is 82.8 Å². The molecular formula is C8H16N2O4. The first-order chi connectivity index (χ1) is 6.61. The van der Waals surface area contributed by atoms with E-state index in [-0.39, 0.29) is 38.3 Å². The summed E-state index contributed by atoms with van der Waals surface area (Å²) < 4.78 is 4.67. The largest absolute Gasteiger partial charge is 0.464 e. The summed E-state index contributed by atoms with van der Waals surface area (Å²) in [5.41, 5.74) is 0. The number of rotatable bonds is 5. The quantitative estimate of drug-likeness (QED) is 0.574. The minimum Gasteiger partial charge on any atom is -0.464 e. The summed E-state index contributed by atoms with van der Waals surface area (Å²) in [6, 6.07) is -0.300. The van der Waals surface area contributed by atoms with Crippen LogP contribution in [0.5, 0.6) is 0 Å². The number of urea groups is 1. The highest BCUT2D eigenvalue weighted by atomic mass is 16.5. The van der Waals surface area contributed by atoms with Crippen molar-refractivity contribution >= 4 is 12.0 Å². The van der Waals surface area contributed by atoms with Gasteiger partial charge in [-0.1, -0.05) is 0 Å². The normalized spacial score (nSPS) is 9.36. The number of aliphatic hydroxyl groups excluding tert-OH is 1. The molecule has 0 aromatic carbocycles. The lowest BCUT2D eigenvalue weighted by molar-refractivity contribution is -0.141. The first-order valence-electron chi connectivity index (χ1n) is 4.32. The van der Waals surface area contributed by atoms with Crippen molar-refractivity contribution in [3.8, 4) is 0 Å². The van der Waals surface area contributed by atoms with Crippen LogP contribution in [-0.2, 0) is 9.53 Å². The van der Waals surface area contributed by atoms with Crippen molar-refractivity contribution in [2.45, 2.75) is 6.92 Å². The molecule has 0 aromatic rings. The predicted octanol–water partition coefficient (Wildman–Crippen LogP) is -0.817. The first-order valence-corrected chi connectivity index (χ1v) is 4.32. The van der Waals surface area contributed by atoms with E-state index in [2.05, 4.69) is 10.1 Å². The van der Waals surface area contributed by atoms with Crippen molar-refractivity contribution < 1.29 is 19.4 Å². The van der Waals surface area contributed by atoms with Crippen molar-refractivity contribution in [1.29, 1.82) is 0 Å². The minimum atomic E-state index is -0.383. The number of carbonyl (C=O) groups is 2. The van der Waals surface area contributed by atoms with Gasteiger partial charge in [-0.3, -0.25) is 4.79 Å². The average molecular weight is 204 g/mol. The van der Waals surface area contributed by atoms with Crippen molar-refractivity contribution in [3.63, 3.8) is 0 Å². The molecule has 0 saturated heterocycles.